The zero-order valence-electron chi connectivity index (χ0n) is 46.5. The zero-order valence-corrected chi connectivity index (χ0v) is 46.5. The number of hydrogen-bond acceptors (Lipinski definition) is 0. The second-order valence-electron chi connectivity index (χ2n) is 15.3. The van der Waals surface area contributed by atoms with Gasteiger partial charge in [0.2, 0.25) is 0 Å². The van der Waals surface area contributed by atoms with Crippen molar-refractivity contribution in [1.82, 2.24) is 0 Å². The average Bonchev–Trinajstić information content (AvgIpc) is 3.42. The van der Waals surface area contributed by atoms with Gasteiger partial charge >= 0.3 is 0 Å². The van der Waals surface area contributed by atoms with E-state index in [2.05, 4.69) is 153 Å². The minimum absolute atomic E-state index is 1.08. The van der Waals surface area contributed by atoms with Crippen LogP contribution in [0.5, 0.6) is 0 Å². The first kappa shape index (κ1) is 59.3. The van der Waals surface area contributed by atoms with Gasteiger partial charge in [0.15, 0.2) is 0 Å². The van der Waals surface area contributed by atoms with E-state index in [4.69, 9.17) is 0 Å². The summed E-state index contributed by atoms with van der Waals surface area (Å²) >= 11 is 0. The Labute approximate surface area is 407 Å². The summed E-state index contributed by atoms with van der Waals surface area (Å²) in [5, 5.41) is 17.0. The highest BCUT2D eigenvalue weighted by Gasteiger charge is 2.16. The van der Waals surface area contributed by atoms with E-state index < -0.39 is 0 Å². The molecule has 0 aliphatic carbocycles. The van der Waals surface area contributed by atoms with Crippen LogP contribution in [0.4, 0.5) is 0 Å². The molecule has 0 bridgehead atoms. The van der Waals surface area contributed by atoms with Gasteiger partial charge in [-0.05, 0) is 172 Å². The minimum Gasteiger partial charge on any atom is -0.0683 e. The Morgan fingerprint density at radius 1 is 0.182 bits per heavy atom. The standard InChI is InChI=1S/C30H36.C24H24.6C2H6/c1-7-19-13-25-26(14-20(19)8-2)28-16-22(10-4)24(12-6)18-30(28)29-17-23(11-5)21(9-3)15-27(25)29;1-4-16-7-10-19-22(13-16)20-11-8-17(5-2)15-24(20)21-12-9-18(6-3)14-23(19)21;6*1-2/h13-18H,7-12H2,1-6H3;7-15H,4-6H2,1-3H3;6*1-2H3. The van der Waals surface area contributed by atoms with Gasteiger partial charge in [0.25, 0.3) is 0 Å². The van der Waals surface area contributed by atoms with Crippen LogP contribution in [-0.2, 0) is 57.8 Å². The molecule has 0 unspecified atom stereocenters. The van der Waals surface area contributed by atoms with Crippen molar-refractivity contribution in [3.05, 3.63) is 141 Å². The fourth-order valence-corrected chi connectivity index (χ4v) is 9.19. The van der Waals surface area contributed by atoms with E-state index in [0.717, 1.165) is 57.8 Å². The molecule has 8 rings (SSSR count). The van der Waals surface area contributed by atoms with Crippen molar-refractivity contribution in [3.8, 4) is 0 Å². The highest BCUT2D eigenvalue weighted by atomic mass is 14.2. The van der Waals surface area contributed by atoms with E-state index in [1.165, 1.54) is 115 Å². The molecule has 0 atom stereocenters. The molecule has 8 aromatic rings. The van der Waals surface area contributed by atoms with Gasteiger partial charge in [-0.15, -0.1) is 0 Å². The molecule has 0 saturated carbocycles. The van der Waals surface area contributed by atoms with Crippen LogP contribution >= 0.6 is 0 Å². The Kier molecular flexibility index (Phi) is 28.2. The van der Waals surface area contributed by atoms with Crippen LogP contribution in [0.2, 0.25) is 0 Å². The van der Waals surface area contributed by atoms with E-state index in [-0.39, 0.29) is 0 Å². The Balaban J connectivity index is 0.000000546. The van der Waals surface area contributed by atoms with Crippen LogP contribution in [0.1, 0.15) is 195 Å². The second-order valence-corrected chi connectivity index (χ2v) is 15.3. The van der Waals surface area contributed by atoms with Crippen LogP contribution in [0.15, 0.2) is 91.0 Å². The van der Waals surface area contributed by atoms with Crippen molar-refractivity contribution in [3.63, 3.8) is 0 Å². The lowest BCUT2D eigenvalue weighted by atomic mass is 9.85. The third kappa shape index (κ3) is 13.1. The molecule has 0 aromatic heterocycles. The molecule has 0 fully saturated rings. The highest BCUT2D eigenvalue weighted by molar-refractivity contribution is 6.27. The molecule has 0 aliphatic heterocycles. The predicted molar refractivity (Wildman–Crippen MR) is 310 cm³/mol. The molecule has 0 spiro atoms. The summed E-state index contributed by atoms with van der Waals surface area (Å²) in [6, 6.07) is 36.0. The van der Waals surface area contributed by atoms with E-state index in [0.29, 0.717) is 0 Å². The molecule has 0 heterocycles. The first-order chi connectivity index (χ1) is 32.3. The van der Waals surface area contributed by atoms with E-state index >= 15 is 0 Å². The summed E-state index contributed by atoms with van der Waals surface area (Å²) in [5.74, 6) is 0. The number of fused-ring (bicyclic) bond motifs is 12. The number of hydrogen-bond donors (Lipinski definition) is 0. The topological polar surface area (TPSA) is 0 Å². The maximum atomic E-state index is 2.50. The second kappa shape index (κ2) is 31.3. The molecular formula is C66H96. The summed E-state index contributed by atoms with van der Waals surface area (Å²) in [7, 11) is 0. The maximum absolute atomic E-state index is 2.50. The van der Waals surface area contributed by atoms with Crippen LogP contribution in [0.3, 0.4) is 0 Å². The lowest BCUT2D eigenvalue weighted by Gasteiger charge is -2.18. The van der Waals surface area contributed by atoms with E-state index in [1.807, 2.05) is 83.1 Å². The molecule has 8 aromatic carbocycles. The van der Waals surface area contributed by atoms with Gasteiger partial charge in [-0.2, -0.15) is 0 Å². The monoisotopic (exact) mass is 889 g/mol. The smallest absolute Gasteiger partial charge is 0.00959 e. The fourth-order valence-electron chi connectivity index (χ4n) is 9.19. The first-order valence-electron chi connectivity index (χ1n) is 27.2. The molecular weight excluding hydrogens is 793 g/mol. The minimum atomic E-state index is 1.08. The van der Waals surface area contributed by atoms with Crippen LogP contribution in [-0.4, -0.2) is 0 Å². The Morgan fingerprint density at radius 2 is 0.333 bits per heavy atom. The van der Waals surface area contributed by atoms with Crippen LogP contribution < -0.4 is 0 Å². The molecule has 0 heteroatoms. The Morgan fingerprint density at radius 3 is 0.470 bits per heavy atom. The van der Waals surface area contributed by atoms with Crippen molar-refractivity contribution in [2.45, 2.75) is 203 Å². The van der Waals surface area contributed by atoms with Gasteiger partial charge in [-0.25, -0.2) is 0 Å². The Bertz CT molecular complexity index is 2220. The van der Waals surface area contributed by atoms with Crippen LogP contribution in [0, 0.1) is 0 Å². The van der Waals surface area contributed by atoms with Crippen molar-refractivity contribution in [2.75, 3.05) is 0 Å². The molecule has 0 saturated heterocycles. The summed E-state index contributed by atoms with van der Waals surface area (Å²) in [4.78, 5) is 0. The third-order valence-electron chi connectivity index (χ3n) is 12.5. The van der Waals surface area contributed by atoms with Crippen molar-refractivity contribution < 1.29 is 0 Å². The van der Waals surface area contributed by atoms with Gasteiger partial charge in [0, 0.05) is 0 Å². The molecule has 0 aliphatic rings. The van der Waals surface area contributed by atoms with Gasteiger partial charge < -0.3 is 0 Å². The van der Waals surface area contributed by atoms with Gasteiger partial charge in [0.1, 0.15) is 0 Å². The maximum Gasteiger partial charge on any atom is -0.00959 e. The molecule has 0 amide bonds. The fraction of sp³-hybridized carbons (Fsp3) is 0.455. The number of aryl methyl sites for hydroxylation is 9. The summed E-state index contributed by atoms with van der Waals surface area (Å²) in [6.45, 7) is 44.4. The first-order valence-corrected chi connectivity index (χ1v) is 27.2. The average molecular weight is 889 g/mol. The molecule has 0 N–H and O–H groups in total. The number of benzene rings is 8. The number of rotatable bonds is 9. The van der Waals surface area contributed by atoms with E-state index in [1.54, 1.807) is 0 Å². The van der Waals surface area contributed by atoms with Gasteiger partial charge in [0.05, 0.1) is 0 Å². The van der Waals surface area contributed by atoms with Crippen molar-refractivity contribution >= 4 is 64.6 Å². The summed E-state index contributed by atoms with van der Waals surface area (Å²) in [6.07, 6.45) is 9.83. The Hall–Kier alpha value is -4.68. The quantitative estimate of drug-likeness (QED) is 0.127. The predicted octanol–water partition coefficient (Wildman–Crippen LogP) is 21.5. The lowest BCUT2D eigenvalue weighted by Crippen LogP contribution is -1.98. The van der Waals surface area contributed by atoms with Crippen molar-refractivity contribution in [1.29, 1.82) is 0 Å². The molecule has 0 radical (unpaired) electrons. The third-order valence-corrected chi connectivity index (χ3v) is 12.5. The molecule has 0 nitrogen and oxygen atoms in total. The molecule has 360 valence electrons. The van der Waals surface area contributed by atoms with Crippen molar-refractivity contribution in [2.24, 2.45) is 0 Å². The van der Waals surface area contributed by atoms with Crippen LogP contribution in [0.25, 0.3) is 64.6 Å². The van der Waals surface area contributed by atoms with Gasteiger partial charge in [-0.1, -0.05) is 236 Å². The lowest BCUT2D eigenvalue weighted by molar-refractivity contribution is 1.04. The summed E-state index contributed by atoms with van der Waals surface area (Å²) in [5.41, 5.74) is 13.3. The normalized spacial score (nSPS) is 10.1. The zero-order chi connectivity index (χ0) is 50.1. The van der Waals surface area contributed by atoms with E-state index in [9.17, 15) is 0 Å². The molecule has 66 heavy (non-hydrogen) atoms. The highest BCUT2D eigenvalue weighted by Crippen LogP contribution is 2.40. The van der Waals surface area contributed by atoms with Gasteiger partial charge in [-0.3, -0.25) is 0 Å². The summed E-state index contributed by atoms with van der Waals surface area (Å²) < 4.78 is 0. The SMILES string of the molecule is CC.CC.CC.CC.CC.CC.CCc1cc2c3cc(CC)c(CC)cc3c3cc(CC)c(CC)cc3c2cc1CC.CCc1ccc2c(c1)c1ccc(CC)cc1c1ccc(CC)cc21. The largest absolute Gasteiger partial charge is 0.0683 e.